The van der Waals surface area contributed by atoms with E-state index in [1.807, 2.05) is 30.3 Å². The number of benzene rings is 1. The summed E-state index contributed by atoms with van der Waals surface area (Å²) in [5, 5.41) is 3.17. The third-order valence-corrected chi connectivity index (χ3v) is 3.45. The van der Waals surface area contributed by atoms with Crippen LogP contribution in [0.3, 0.4) is 0 Å². The number of hydrazine groups is 1. The quantitative estimate of drug-likeness (QED) is 0.322. The van der Waals surface area contributed by atoms with Gasteiger partial charge in [-0.3, -0.25) is 10.4 Å². The number of anilines is 1. The summed E-state index contributed by atoms with van der Waals surface area (Å²) in [6.45, 7) is 3.07. The minimum absolute atomic E-state index is 0.445. The Morgan fingerprint density at radius 2 is 2.06 bits per heavy atom. The van der Waals surface area contributed by atoms with Crippen LogP contribution in [0.25, 0.3) is 0 Å². The number of hydrogen-bond acceptors (Lipinski definition) is 2. The van der Waals surface area contributed by atoms with Gasteiger partial charge in [-0.2, -0.15) is 0 Å². The molecule has 1 aliphatic rings. The summed E-state index contributed by atoms with van der Waals surface area (Å²) in [5.74, 6) is 6.10. The van der Waals surface area contributed by atoms with E-state index in [2.05, 4.69) is 22.7 Å². The van der Waals surface area contributed by atoms with Crippen molar-refractivity contribution in [2.75, 3.05) is 11.9 Å². The minimum atomic E-state index is 0.445. The molecule has 1 aromatic carbocycles. The highest BCUT2D eigenvalue weighted by Gasteiger charge is 2.40. The maximum Gasteiger partial charge on any atom is 0.210 e. The summed E-state index contributed by atoms with van der Waals surface area (Å²) in [6, 6.07) is 9.91. The number of rotatable bonds is 4. The van der Waals surface area contributed by atoms with E-state index in [1.54, 1.807) is 0 Å². The summed E-state index contributed by atoms with van der Waals surface area (Å²) in [5.41, 5.74) is 4.05. The van der Waals surface area contributed by atoms with Crippen LogP contribution in [0.2, 0.25) is 0 Å². The first-order valence-electron chi connectivity index (χ1n) is 6.11. The maximum atomic E-state index is 5.47. The molecule has 92 valence electrons. The normalized spacial score (nSPS) is 17.6. The highest BCUT2D eigenvalue weighted by molar-refractivity contribution is 5.93. The third-order valence-electron chi connectivity index (χ3n) is 3.45. The van der Waals surface area contributed by atoms with E-state index in [-0.39, 0.29) is 0 Å². The molecule has 2 rings (SSSR count). The zero-order valence-electron chi connectivity index (χ0n) is 10.2. The number of nitrogens with one attached hydrogen (secondary N) is 2. The predicted molar refractivity (Wildman–Crippen MR) is 71.6 cm³/mol. The van der Waals surface area contributed by atoms with Crippen LogP contribution in [0.15, 0.2) is 35.3 Å². The van der Waals surface area contributed by atoms with Crippen molar-refractivity contribution in [3.63, 3.8) is 0 Å². The molecule has 1 aromatic rings. The molecule has 0 bridgehead atoms. The van der Waals surface area contributed by atoms with E-state index >= 15 is 0 Å². The van der Waals surface area contributed by atoms with Gasteiger partial charge in [0.15, 0.2) is 0 Å². The van der Waals surface area contributed by atoms with Gasteiger partial charge in [0.1, 0.15) is 0 Å². The van der Waals surface area contributed by atoms with E-state index in [4.69, 9.17) is 5.84 Å². The summed E-state index contributed by atoms with van der Waals surface area (Å²) >= 11 is 0. The zero-order valence-corrected chi connectivity index (χ0v) is 10.2. The molecule has 0 amide bonds. The van der Waals surface area contributed by atoms with Gasteiger partial charge in [0.2, 0.25) is 5.96 Å². The van der Waals surface area contributed by atoms with Gasteiger partial charge in [-0.15, -0.1) is 0 Å². The van der Waals surface area contributed by atoms with Gasteiger partial charge in [-0.1, -0.05) is 25.1 Å². The molecule has 0 heterocycles. The Kier molecular flexibility index (Phi) is 3.64. The number of nitrogens with zero attached hydrogens (tertiary/aromatic N) is 1. The van der Waals surface area contributed by atoms with E-state index in [9.17, 15) is 0 Å². The SMILES string of the molecule is CCC1(CN=C(NN)Nc2ccccc2)CC1. The van der Waals surface area contributed by atoms with Crippen LogP contribution in [0, 0.1) is 5.41 Å². The lowest BCUT2D eigenvalue weighted by Crippen LogP contribution is -2.36. The fourth-order valence-corrected chi connectivity index (χ4v) is 1.83. The molecular weight excluding hydrogens is 212 g/mol. The zero-order chi connectivity index (χ0) is 12.1. The smallest absolute Gasteiger partial charge is 0.210 e. The van der Waals surface area contributed by atoms with Gasteiger partial charge >= 0.3 is 0 Å². The molecule has 0 aromatic heterocycles. The summed E-state index contributed by atoms with van der Waals surface area (Å²) in [7, 11) is 0. The molecule has 1 fully saturated rings. The van der Waals surface area contributed by atoms with E-state index in [1.165, 1.54) is 19.3 Å². The van der Waals surface area contributed by atoms with Gasteiger partial charge in [-0.25, -0.2) is 5.84 Å². The monoisotopic (exact) mass is 232 g/mol. The lowest BCUT2D eigenvalue weighted by molar-refractivity contribution is 0.505. The van der Waals surface area contributed by atoms with Gasteiger partial charge in [0.25, 0.3) is 0 Å². The van der Waals surface area contributed by atoms with Crippen molar-refractivity contribution < 1.29 is 0 Å². The van der Waals surface area contributed by atoms with Crippen molar-refractivity contribution in [2.24, 2.45) is 16.3 Å². The fraction of sp³-hybridized carbons (Fsp3) is 0.462. The molecule has 4 N–H and O–H groups in total. The van der Waals surface area contributed by atoms with Crippen LogP contribution < -0.4 is 16.6 Å². The Hall–Kier alpha value is -1.55. The predicted octanol–water partition coefficient (Wildman–Crippen LogP) is 2.11. The average molecular weight is 232 g/mol. The van der Waals surface area contributed by atoms with Crippen molar-refractivity contribution in [2.45, 2.75) is 26.2 Å². The number of guanidine groups is 1. The number of nitrogens with two attached hydrogens (primary N) is 1. The maximum absolute atomic E-state index is 5.47. The molecule has 0 unspecified atom stereocenters. The fourth-order valence-electron chi connectivity index (χ4n) is 1.83. The van der Waals surface area contributed by atoms with Crippen molar-refractivity contribution in [3.05, 3.63) is 30.3 Å². The largest absolute Gasteiger partial charge is 0.325 e. The number of hydrogen-bond donors (Lipinski definition) is 3. The Morgan fingerprint density at radius 1 is 1.35 bits per heavy atom. The van der Waals surface area contributed by atoms with Crippen molar-refractivity contribution >= 4 is 11.6 Å². The van der Waals surface area contributed by atoms with Gasteiger partial charge in [0.05, 0.1) is 0 Å². The molecule has 0 radical (unpaired) electrons. The molecule has 4 nitrogen and oxygen atoms in total. The van der Waals surface area contributed by atoms with E-state index in [0.717, 1.165) is 12.2 Å². The van der Waals surface area contributed by atoms with Crippen LogP contribution in [0.1, 0.15) is 26.2 Å². The Bertz CT molecular complexity index is 382. The van der Waals surface area contributed by atoms with Gasteiger partial charge in [0, 0.05) is 12.2 Å². The van der Waals surface area contributed by atoms with Crippen molar-refractivity contribution in [3.8, 4) is 0 Å². The summed E-state index contributed by atoms with van der Waals surface area (Å²) < 4.78 is 0. The molecule has 0 saturated heterocycles. The van der Waals surface area contributed by atoms with Crippen molar-refractivity contribution in [1.82, 2.24) is 5.43 Å². The van der Waals surface area contributed by atoms with E-state index in [0.29, 0.717) is 11.4 Å². The highest BCUT2D eigenvalue weighted by atomic mass is 15.3. The average Bonchev–Trinajstić information content (AvgIpc) is 3.16. The van der Waals surface area contributed by atoms with Crippen LogP contribution in [0.5, 0.6) is 0 Å². The second kappa shape index (κ2) is 5.19. The standard InChI is InChI=1S/C13H20N4/c1-2-13(8-9-13)10-15-12(17-14)16-11-6-4-3-5-7-11/h3-7H,2,8-10,14H2,1H3,(H2,15,16,17). The molecule has 0 spiro atoms. The molecule has 0 aliphatic heterocycles. The van der Waals surface area contributed by atoms with Crippen LogP contribution in [-0.2, 0) is 0 Å². The summed E-state index contributed by atoms with van der Waals surface area (Å²) in [6.07, 6.45) is 3.77. The molecule has 1 aliphatic carbocycles. The second-order valence-corrected chi connectivity index (χ2v) is 4.65. The van der Waals surface area contributed by atoms with Gasteiger partial charge < -0.3 is 5.32 Å². The molecule has 0 atom stereocenters. The van der Waals surface area contributed by atoms with Crippen molar-refractivity contribution in [1.29, 1.82) is 0 Å². The molecule has 17 heavy (non-hydrogen) atoms. The lowest BCUT2D eigenvalue weighted by atomic mass is 10.1. The summed E-state index contributed by atoms with van der Waals surface area (Å²) in [4.78, 5) is 4.51. The number of para-hydroxylation sites is 1. The van der Waals surface area contributed by atoms with E-state index < -0.39 is 0 Å². The molecule has 1 saturated carbocycles. The topological polar surface area (TPSA) is 62.4 Å². The molecule has 4 heteroatoms. The Balaban J connectivity index is 1.94. The number of aliphatic imine (C=N–C) groups is 1. The highest BCUT2D eigenvalue weighted by Crippen LogP contribution is 2.48. The van der Waals surface area contributed by atoms with Crippen LogP contribution in [-0.4, -0.2) is 12.5 Å². The minimum Gasteiger partial charge on any atom is -0.325 e. The first-order chi connectivity index (χ1) is 8.28. The van der Waals surface area contributed by atoms with Crippen LogP contribution >= 0.6 is 0 Å². The molecular formula is C13H20N4. The Morgan fingerprint density at radius 3 is 2.59 bits per heavy atom. The van der Waals surface area contributed by atoms with Gasteiger partial charge in [-0.05, 0) is 36.8 Å². The lowest BCUT2D eigenvalue weighted by Gasteiger charge is -2.12. The third kappa shape index (κ3) is 3.20. The Labute approximate surface area is 102 Å². The van der Waals surface area contributed by atoms with Crippen LogP contribution in [0.4, 0.5) is 5.69 Å². The second-order valence-electron chi connectivity index (χ2n) is 4.65. The first-order valence-corrected chi connectivity index (χ1v) is 6.11. The first kappa shape index (κ1) is 11.9.